The lowest BCUT2D eigenvalue weighted by molar-refractivity contribution is -0.119. The molecule has 0 radical (unpaired) electrons. The number of carbonyl (C=O) groups excluding carboxylic acids is 2. The minimum Gasteiger partial charge on any atom is -0.468 e. The molecule has 2 N–H and O–H groups in total. The second-order valence-electron chi connectivity index (χ2n) is 6.63. The third-order valence-corrected chi connectivity index (χ3v) is 4.48. The summed E-state index contributed by atoms with van der Waals surface area (Å²) in [6.45, 7) is 0.708. The molecular formula is C22H21ClFN3O3. The quantitative estimate of drug-likeness (QED) is 0.523. The van der Waals surface area contributed by atoms with Crippen LogP contribution in [0.5, 0.6) is 0 Å². The highest BCUT2D eigenvalue weighted by molar-refractivity contribution is 6.30. The maximum Gasteiger partial charge on any atom is 0.238 e. The van der Waals surface area contributed by atoms with Crippen molar-refractivity contribution in [2.24, 2.45) is 0 Å². The van der Waals surface area contributed by atoms with Crippen molar-refractivity contribution in [3.05, 3.63) is 83.5 Å². The van der Waals surface area contributed by atoms with E-state index in [1.54, 1.807) is 35.4 Å². The largest absolute Gasteiger partial charge is 0.468 e. The number of anilines is 2. The minimum absolute atomic E-state index is 0.0591. The fourth-order valence-corrected chi connectivity index (χ4v) is 2.98. The number of amides is 2. The average Bonchev–Trinajstić information content (AvgIpc) is 3.22. The van der Waals surface area contributed by atoms with E-state index in [1.807, 2.05) is 18.2 Å². The summed E-state index contributed by atoms with van der Waals surface area (Å²) in [4.78, 5) is 26.5. The standard InChI is InChI=1S/C22H21ClFN3O3/c23-16-8-9-20(19(24)13-16)26-21(28)10-11-27(14-18-7-4-12-30-18)15-22(29)25-17-5-2-1-3-6-17/h1-9,12-13H,10-11,14-15H2,(H,25,29)(H,26,28). The molecule has 0 unspecified atom stereocenters. The molecule has 156 valence electrons. The first kappa shape index (κ1) is 21.5. The van der Waals surface area contributed by atoms with Gasteiger partial charge in [0.2, 0.25) is 11.8 Å². The highest BCUT2D eigenvalue weighted by Crippen LogP contribution is 2.19. The van der Waals surface area contributed by atoms with Crippen LogP contribution >= 0.6 is 11.6 Å². The Bertz CT molecular complexity index is 981. The third kappa shape index (κ3) is 6.72. The van der Waals surface area contributed by atoms with Crippen molar-refractivity contribution in [2.75, 3.05) is 23.7 Å². The summed E-state index contributed by atoms with van der Waals surface area (Å²) >= 11 is 5.72. The number of para-hydroxylation sites is 1. The lowest BCUT2D eigenvalue weighted by atomic mass is 10.2. The summed E-state index contributed by atoms with van der Waals surface area (Å²) in [5.41, 5.74) is 0.750. The lowest BCUT2D eigenvalue weighted by Gasteiger charge is -2.20. The summed E-state index contributed by atoms with van der Waals surface area (Å²) in [7, 11) is 0. The monoisotopic (exact) mass is 429 g/mol. The van der Waals surface area contributed by atoms with Gasteiger partial charge in [-0.05, 0) is 42.5 Å². The van der Waals surface area contributed by atoms with E-state index in [1.165, 1.54) is 12.1 Å². The van der Waals surface area contributed by atoms with Gasteiger partial charge >= 0.3 is 0 Å². The Morgan fingerprint density at radius 2 is 1.80 bits per heavy atom. The summed E-state index contributed by atoms with van der Waals surface area (Å²) in [5, 5.41) is 5.59. The van der Waals surface area contributed by atoms with E-state index >= 15 is 0 Å². The van der Waals surface area contributed by atoms with Crippen LogP contribution in [-0.4, -0.2) is 29.8 Å². The molecule has 0 fully saturated rings. The van der Waals surface area contributed by atoms with Gasteiger partial charge in [-0.25, -0.2) is 4.39 Å². The first-order valence-electron chi connectivity index (χ1n) is 9.34. The van der Waals surface area contributed by atoms with Crippen LogP contribution in [0.2, 0.25) is 5.02 Å². The molecular weight excluding hydrogens is 409 g/mol. The molecule has 1 aromatic heterocycles. The molecule has 0 aliphatic heterocycles. The molecule has 3 rings (SSSR count). The van der Waals surface area contributed by atoms with E-state index in [-0.39, 0.29) is 42.0 Å². The molecule has 0 aliphatic carbocycles. The topological polar surface area (TPSA) is 74.6 Å². The van der Waals surface area contributed by atoms with Gasteiger partial charge in [-0.15, -0.1) is 0 Å². The molecule has 6 nitrogen and oxygen atoms in total. The predicted octanol–water partition coefficient (Wildman–Crippen LogP) is 4.54. The van der Waals surface area contributed by atoms with Crippen LogP contribution in [0, 0.1) is 5.82 Å². The summed E-state index contributed by atoms with van der Waals surface area (Å²) in [6.07, 6.45) is 1.62. The average molecular weight is 430 g/mol. The molecule has 0 atom stereocenters. The van der Waals surface area contributed by atoms with Gasteiger partial charge in [0.05, 0.1) is 25.0 Å². The highest BCUT2D eigenvalue weighted by Gasteiger charge is 2.15. The van der Waals surface area contributed by atoms with Gasteiger partial charge < -0.3 is 15.1 Å². The van der Waals surface area contributed by atoms with Gasteiger partial charge in [0.25, 0.3) is 0 Å². The normalized spacial score (nSPS) is 10.8. The molecule has 0 saturated carbocycles. The zero-order valence-electron chi connectivity index (χ0n) is 16.1. The lowest BCUT2D eigenvalue weighted by Crippen LogP contribution is -2.35. The van der Waals surface area contributed by atoms with Crippen molar-refractivity contribution in [2.45, 2.75) is 13.0 Å². The summed E-state index contributed by atoms with van der Waals surface area (Å²) < 4.78 is 19.2. The van der Waals surface area contributed by atoms with Gasteiger partial charge in [-0.3, -0.25) is 14.5 Å². The Morgan fingerprint density at radius 1 is 1.00 bits per heavy atom. The zero-order chi connectivity index (χ0) is 21.3. The van der Waals surface area contributed by atoms with E-state index in [0.29, 0.717) is 18.0 Å². The van der Waals surface area contributed by atoms with E-state index in [4.69, 9.17) is 16.0 Å². The SMILES string of the molecule is O=C(CN(CCC(=O)Nc1ccc(Cl)cc1F)Cc1ccco1)Nc1ccccc1. The number of nitrogens with zero attached hydrogens (tertiary/aromatic N) is 1. The summed E-state index contributed by atoms with van der Waals surface area (Å²) in [6, 6.07) is 16.7. The van der Waals surface area contributed by atoms with Crippen molar-refractivity contribution < 1.29 is 18.4 Å². The molecule has 0 saturated heterocycles. The van der Waals surface area contributed by atoms with Crippen molar-refractivity contribution in [1.82, 2.24) is 4.90 Å². The minimum atomic E-state index is -0.606. The summed E-state index contributed by atoms with van der Waals surface area (Å²) in [5.74, 6) is -0.516. The Morgan fingerprint density at radius 3 is 2.50 bits per heavy atom. The van der Waals surface area contributed by atoms with E-state index < -0.39 is 5.82 Å². The third-order valence-electron chi connectivity index (χ3n) is 4.24. The molecule has 2 amide bonds. The van der Waals surface area contributed by atoms with Crippen molar-refractivity contribution >= 4 is 34.8 Å². The molecule has 8 heteroatoms. The molecule has 0 bridgehead atoms. The Labute approximate surface area is 178 Å². The number of hydrogen-bond acceptors (Lipinski definition) is 4. The fraction of sp³-hybridized carbons (Fsp3) is 0.182. The van der Waals surface area contributed by atoms with Gasteiger partial charge in [0.15, 0.2) is 0 Å². The van der Waals surface area contributed by atoms with Gasteiger partial charge in [-0.1, -0.05) is 29.8 Å². The number of furan rings is 1. The predicted molar refractivity (Wildman–Crippen MR) is 114 cm³/mol. The van der Waals surface area contributed by atoms with Crippen LogP contribution in [0.15, 0.2) is 71.3 Å². The van der Waals surface area contributed by atoms with Gasteiger partial charge in [0.1, 0.15) is 11.6 Å². The maximum absolute atomic E-state index is 13.9. The Hall–Kier alpha value is -3.16. The van der Waals surface area contributed by atoms with Crippen LogP contribution in [0.3, 0.4) is 0 Å². The fourth-order valence-electron chi connectivity index (χ4n) is 2.83. The molecule has 0 aliphatic rings. The van der Waals surface area contributed by atoms with Crippen molar-refractivity contribution in [3.63, 3.8) is 0 Å². The Balaban J connectivity index is 1.57. The van der Waals surface area contributed by atoms with Crippen LogP contribution in [0.25, 0.3) is 0 Å². The number of hydrogen-bond donors (Lipinski definition) is 2. The number of rotatable bonds is 9. The van der Waals surface area contributed by atoms with E-state index in [0.717, 1.165) is 6.07 Å². The van der Waals surface area contributed by atoms with Gasteiger partial charge in [0, 0.05) is 23.7 Å². The molecule has 3 aromatic rings. The van der Waals surface area contributed by atoms with E-state index in [9.17, 15) is 14.0 Å². The molecule has 30 heavy (non-hydrogen) atoms. The van der Waals surface area contributed by atoms with Crippen molar-refractivity contribution in [1.29, 1.82) is 0 Å². The molecule has 1 heterocycles. The Kier molecular flexibility index (Phi) is 7.59. The van der Waals surface area contributed by atoms with Crippen LogP contribution < -0.4 is 10.6 Å². The maximum atomic E-state index is 13.9. The smallest absolute Gasteiger partial charge is 0.238 e. The molecule has 0 spiro atoms. The van der Waals surface area contributed by atoms with Gasteiger partial charge in [-0.2, -0.15) is 0 Å². The highest BCUT2D eigenvalue weighted by atomic mass is 35.5. The molecule has 2 aromatic carbocycles. The second-order valence-corrected chi connectivity index (χ2v) is 7.06. The zero-order valence-corrected chi connectivity index (χ0v) is 16.9. The van der Waals surface area contributed by atoms with Crippen molar-refractivity contribution in [3.8, 4) is 0 Å². The van der Waals surface area contributed by atoms with Crippen LogP contribution in [0.4, 0.5) is 15.8 Å². The first-order chi connectivity index (χ1) is 14.5. The van der Waals surface area contributed by atoms with Crippen LogP contribution in [-0.2, 0) is 16.1 Å². The number of benzene rings is 2. The number of halogens is 2. The first-order valence-corrected chi connectivity index (χ1v) is 9.72. The number of carbonyl (C=O) groups is 2. The number of nitrogens with one attached hydrogen (secondary N) is 2. The van der Waals surface area contributed by atoms with Crippen LogP contribution in [0.1, 0.15) is 12.2 Å². The second kappa shape index (κ2) is 10.6. The van der Waals surface area contributed by atoms with E-state index in [2.05, 4.69) is 10.6 Å².